The lowest BCUT2D eigenvalue weighted by Crippen LogP contribution is -2.01. The van der Waals surface area contributed by atoms with Gasteiger partial charge in [0.05, 0.1) is 0 Å². The van der Waals surface area contributed by atoms with Gasteiger partial charge < -0.3 is 0 Å². The fourth-order valence-electron chi connectivity index (χ4n) is 1.27. The normalized spacial score (nSPS) is 11.5. The number of carbonyl (C=O) groups is 1. The molecule has 0 atom stereocenters. The maximum atomic E-state index is 12.1. The Labute approximate surface area is 109 Å². The van der Waals surface area contributed by atoms with Crippen LogP contribution < -0.4 is 0 Å². The number of ketones is 1. The average molecular weight is 289 g/mol. The molecule has 0 bridgehead atoms. The van der Waals surface area contributed by atoms with Crippen LogP contribution in [0.5, 0.6) is 0 Å². The summed E-state index contributed by atoms with van der Waals surface area (Å²) in [5, 5.41) is 1.99. The Kier molecular flexibility index (Phi) is 3.72. The van der Waals surface area contributed by atoms with Crippen LogP contribution in [-0.4, -0.2) is 16.3 Å². The Hall–Kier alpha value is -1.34. The number of hydrogen-bond donors (Lipinski definition) is 0. The van der Waals surface area contributed by atoms with E-state index < -0.39 is 5.51 Å². The zero-order chi connectivity index (χ0) is 13.2. The lowest BCUT2D eigenvalue weighted by atomic mass is 10.1. The molecule has 94 valence electrons. The number of alkyl halides is 3. The SMILES string of the molecule is O=C(c1ccc(SC(F)(F)F)cc1)c1nccs1. The molecule has 0 unspecified atom stereocenters. The van der Waals surface area contributed by atoms with Gasteiger partial charge in [-0.25, -0.2) is 4.98 Å². The van der Waals surface area contributed by atoms with E-state index >= 15 is 0 Å². The summed E-state index contributed by atoms with van der Waals surface area (Å²) in [4.78, 5) is 15.7. The topological polar surface area (TPSA) is 30.0 Å². The molecule has 0 aliphatic carbocycles. The minimum absolute atomic E-state index is 0.0539. The Bertz CT molecular complexity index is 534. The molecule has 0 amide bonds. The highest BCUT2D eigenvalue weighted by molar-refractivity contribution is 8.00. The molecule has 2 aromatic rings. The Morgan fingerprint density at radius 1 is 1.22 bits per heavy atom. The molecular formula is C11H6F3NOS2. The third kappa shape index (κ3) is 3.33. The number of nitrogens with zero attached hydrogens (tertiary/aromatic N) is 1. The molecule has 2 rings (SSSR count). The fraction of sp³-hybridized carbons (Fsp3) is 0.0909. The van der Waals surface area contributed by atoms with Crippen molar-refractivity contribution < 1.29 is 18.0 Å². The summed E-state index contributed by atoms with van der Waals surface area (Å²) in [6.45, 7) is 0. The molecule has 1 aromatic heterocycles. The summed E-state index contributed by atoms with van der Waals surface area (Å²) in [6.07, 6.45) is 1.51. The van der Waals surface area contributed by atoms with Crippen LogP contribution in [0.15, 0.2) is 40.7 Å². The molecule has 0 aliphatic heterocycles. The molecule has 0 N–H and O–H groups in total. The zero-order valence-electron chi connectivity index (χ0n) is 8.77. The highest BCUT2D eigenvalue weighted by Crippen LogP contribution is 2.36. The number of halogens is 3. The van der Waals surface area contributed by atoms with Crippen LogP contribution in [0.25, 0.3) is 0 Å². The first kappa shape index (κ1) is 13.1. The fourth-order valence-corrected chi connectivity index (χ4v) is 2.40. The number of hydrogen-bond acceptors (Lipinski definition) is 4. The average Bonchev–Trinajstić information content (AvgIpc) is 2.80. The van der Waals surface area contributed by atoms with Gasteiger partial charge in [0, 0.05) is 22.0 Å². The van der Waals surface area contributed by atoms with Crippen molar-refractivity contribution in [1.82, 2.24) is 4.98 Å². The van der Waals surface area contributed by atoms with E-state index in [2.05, 4.69) is 4.98 Å². The van der Waals surface area contributed by atoms with Crippen LogP contribution in [0, 0.1) is 0 Å². The maximum Gasteiger partial charge on any atom is 0.446 e. The van der Waals surface area contributed by atoms with E-state index in [4.69, 9.17) is 0 Å². The minimum atomic E-state index is -4.32. The maximum absolute atomic E-state index is 12.1. The highest BCUT2D eigenvalue weighted by atomic mass is 32.2. The van der Waals surface area contributed by atoms with Crippen LogP contribution in [0.3, 0.4) is 0 Å². The third-order valence-corrected chi connectivity index (χ3v) is 3.49. The summed E-state index contributed by atoms with van der Waals surface area (Å²) in [7, 11) is 0. The molecule has 0 saturated carbocycles. The predicted molar refractivity (Wildman–Crippen MR) is 63.9 cm³/mol. The number of benzene rings is 1. The monoisotopic (exact) mass is 289 g/mol. The first-order valence-corrected chi connectivity index (χ1v) is 6.45. The summed E-state index contributed by atoms with van der Waals surface area (Å²) < 4.78 is 36.3. The largest absolute Gasteiger partial charge is 0.446 e. The van der Waals surface area contributed by atoms with E-state index in [1.165, 1.54) is 41.8 Å². The van der Waals surface area contributed by atoms with Crippen molar-refractivity contribution >= 4 is 28.9 Å². The van der Waals surface area contributed by atoms with Crippen molar-refractivity contribution in [2.45, 2.75) is 10.4 Å². The molecular weight excluding hydrogens is 283 g/mol. The van der Waals surface area contributed by atoms with Crippen molar-refractivity contribution in [3.8, 4) is 0 Å². The summed E-state index contributed by atoms with van der Waals surface area (Å²) in [6, 6.07) is 5.30. The van der Waals surface area contributed by atoms with E-state index in [9.17, 15) is 18.0 Å². The van der Waals surface area contributed by atoms with Gasteiger partial charge in [-0.2, -0.15) is 13.2 Å². The van der Waals surface area contributed by atoms with Crippen LogP contribution in [0.1, 0.15) is 15.4 Å². The van der Waals surface area contributed by atoms with Crippen molar-refractivity contribution in [3.63, 3.8) is 0 Å². The lowest BCUT2D eigenvalue weighted by Gasteiger charge is -2.05. The van der Waals surface area contributed by atoms with Gasteiger partial charge in [-0.3, -0.25) is 4.79 Å². The van der Waals surface area contributed by atoms with Crippen molar-refractivity contribution in [3.05, 3.63) is 46.4 Å². The van der Waals surface area contributed by atoms with Gasteiger partial charge in [0.2, 0.25) is 5.78 Å². The molecule has 1 aromatic carbocycles. The second-order valence-electron chi connectivity index (χ2n) is 3.24. The lowest BCUT2D eigenvalue weighted by molar-refractivity contribution is -0.0328. The van der Waals surface area contributed by atoms with Crippen molar-refractivity contribution in [2.24, 2.45) is 0 Å². The Balaban J connectivity index is 2.15. The summed E-state index contributed by atoms with van der Waals surface area (Å²) >= 11 is 0.989. The van der Waals surface area contributed by atoms with Gasteiger partial charge in [0.15, 0.2) is 5.01 Å². The standard InChI is InChI=1S/C11H6F3NOS2/c12-11(13,14)18-8-3-1-7(2-4-8)9(16)10-15-5-6-17-10/h1-6H. The van der Waals surface area contributed by atoms with Crippen LogP contribution in [-0.2, 0) is 0 Å². The number of rotatable bonds is 3. The number of carbonyl (C=O) groups excluding carboxylic acids is 1. The summed E-state index contributed by atoms with van der Waals surface area (Å²) in [5.74, 6) is -0.284. The third-order valence-electron chi connectivity index (χ3n) is 1.98. The predicted octanol–water partition coefficient (Wildman–Crippen LogP) is 3.99. The van der Waals surface area contributed by atoms with Crippen molar-refractivity contribution in [2.75, 3.05) is 0 Å². The first-order valence-electron chi connectivity index (χ1n) is 4.76. The van der Waals surface area contributed by atoms with E-state index in [0.717, 1.165) is 0 Å². The number of thioether (sulfide) groups is 1. The zero-order valence-corrected chi connectivity index (χ0v) is 10.4. The van der Waals surface area contributed by atoms with Gasteiger partial charge in [0.1, 0.15) is 0 Å². The quantitative estimate of drug-likeness (QED) is 0.632. The van der Waals surface area contributed by atoms with E-state index in [-0.39, 0.29) is 22.4 Å². The molecule has 0 fully saturated rings. The van der Waals surface area contributed by atoms with Gasteiger partial charge in [-0.1, -0.05) is 0 Å². The number of thiazole rings is 1. The van der Waals surface area contributed by atoms with Gasteiger partial charge in [-0.15, -0.1) is 11.3 Å². The van der Waals surface area contributed by atoms with E-state index in [0.29, 0.717) is 10.6 Å². The van der Waals surface area contributed by atoms with Gasteiger partial charge >= 0.3 is 5.51 Å². The first-order chi connectivity index (χ1) is 8.46. The molecule has 0 aliphatic rings. The molecule has 0 radical (unpaired) electrons. The highest BCUT2D eigenvalue weighted by Gasteiger charge is 2.29. The van der Waals surface area contributed by atoms with Crippen LogP contribution >= 0.6 is 23.1 Å². The smallest absolute Gasteiger partial charge is 0.286 e. The molecule has 0 spiro atoms. The Morgan fingerprint density at radius 2 is 1.89 bits per heavy atom. The van der Waals surface area contributed by atoms with Crippen LogP contribution in [0.2, 0.25) is 0 Å². The molecule has 18 heavy (non-hydrogen) atoms. The minimum Gasteiger partial charge on any atom is -0.286 e. The molecule has 2 nitrogen and oxygen atoms in total. The van der Waals surface area contributed by atoms with Gasteiger partial charge in [0.25, 0.3) is 0 Å². The second kappa shape index (κ2) is 5.11. The molecule has 1 heterocycles. The van der Waals surface area contributed by atoms with Crippen LogP contribution in [0.4, 0.5) is 13.2 Å². The van der Waals surface area contributed by atoms with E-state index in [1.807, 2.05) is 0 Å². The summed E-state index contributed by atoms with van der Waals surface area (Å²) in [5.41, 5.74) is -3.99. The number of aromatic nitrogens is 1. The molecule has 7 heteroatoms. The van der Waals surface area contributed by atoms with E-state index in [1.54, 1.807) is 5.38 Å². The molecule has 0 saturated heterocycles. The Morgan fingerprint density at radius 3 is 2.39 bits per heavy atom. The van der Waals surface area contributed by atoms with Crippen molar-refractivity contribution in [1.29, 1.82) is 0 Å². The second-order valence-corrected chi connectivity index (χ2v) is 5.27. The van der Waals surface area contributed by atoms with Gasteiger partial charge in [-0.05, 0) is 36.0 Å².